The van der Waals surface area contributed by atoms with Gasteiger partial charge in [0.2, 0.25) is 0 Å². The average Bonchev–Trinajstić information content (AvgIpc) is 2.94. The van der Waals surface area contributed by atoms with E-state index in [2.05, 4.69) is 25.7 Å². The highest BCUT2D eigenvalue weighted by molar-refractivity contribution is 6.01. The Morgan fingerprint density at radius 2 is 2.00 bits per heavy atom. The van der Waals surface area contributed by atoms with E-state index in [1.54, 1.807) is 29.2 Å². The number of amides is 3. The van der Waals surface area contributed by atoms with Gasteiger partial charge in [0.05, 0.1) is 23.9 Å². The molecular formula is C20H24FN3O2. The van der Waals surface area contributed by atoms with Gasteiger partial charge >= 0.3 is 6.03 Å². The molecule has 2 aliphatic rings. The number of rotatable bonds is 5. The van der Waals surface area contributed by atoms with Crippen LogP contribution in [0.5, 0.6) is 0 Å². The lowest BCUT2D eigenvalue weighted by molar-refractivity contribution is -0.128. The second-order valence-corrected chi connectivity index (χ2v) is 7.08. The summed E-state index contributed by atoms with van der Waals surface area (Å²) in [7, 11) is 0. The van der Waals surface area contributed by atoms with Crippen molar-refractivity contribution < 1.29 is 14.0 Å². The number of carbonyl (C=O) groups excluding carboxylic acids is 2. The average molecular weight is 357 g/mol. The topological polar surface area (TPSA) is 52.7 Å². The third-order valence-electron chi connectivity index (χ3n) is 5.23. The van der Waals surface area contributed by atoms with Crippen LogP contribution < -0.4 is 5.32 Å². The monoisotopic (exact) mass is 357 g/mol. The zero-order valence-corrected chi connectivity index (χ0v) is 15.3. The molecule has 0 saturated carbocycles. The molecule has 0 aromatic heterocycles. The standard InChI is InChI=1S/C20H24FN3O2/c1-5-10-23-16-11-24(13(4)12(2)3)19(25)17(16)18(22-20(23)26)14-8-6-7-9-15(14)21/h5-9,12-13,18H,1,10-11H2,2-4H3,(H,22,26)/t13-,18-/m1/s1. The molecular weight excluding hydrogens is 333 g/mol. The zero-order valence-electron chi connectivity index (χ0n) is 15.3. The Kier molecular flexibility index (Phi) is 4.85. The summed E-state index contributed by atoms with van der Waals surface area (Å²) in [4.78, 5) is 29.1. The van der Waals surface area contributed by atoms with E-state index in [-0.39, 0.29) is 23.9 Å². The summed E-state index contributed by atoms with van der Waals surface area (Å²) in [6, 6.07) is 5.12. The van der Waals surface area contributed by atoms with Crippen LogP contribution in [0.15, 0.2) is 48.2 Å². The summed E-state index contributed by atoms with van der Waals surface area (Å²) >= 11 is 0. The van der Waals surface area contributed by atoms with Crippen molar-refractivity contribution in [3.05, 3.63) is 59.6 Å². The third-order valence-corrected chi connectivity index (χ3v) is 5.23. The number of urea groups is 1. The predicted octanol–water partition coefficient (Wildman–Crippen LogP) is 3.22. The van der Waals surface area contributed by atoms with E-state index >= 15 is 0 Å². The van der Waals surface area contributed by atoms with E-state index in [1.165, 1.54) is 11.0 Å². The Bertz CT molecular complexity index is 787. The lowest BCUT2D eigenvalue weighted by atomic mass is 9.95. The Morgan fingerprint density at radius 1 is 1.31 bits per heavy atom. The molecule has 1 aromatic carbocycles. The number of carbonyl (C=O) groups is 2. The van der Waals surface area contributed by atoms with Crippen molar-refractivity contribution in [3.8, 4) is 0 Å². The summed E-state index contributed by atoms with van der Waals surface area (Å²) < 4.78 is 14.4. The maximum atomic E-state index is 14.4. The third kappa shape index (κ3) is 2.89. The number of benzene rings is 1. The van der Waals surface area contributed by atoms with Crippen LogP contribution in [-0.2, 0) is 4.79 Å². The molecule has 0 spiro atoms. The van der Waals surface area contributed by atoms with Crippen LogP contribution >= 0.6 is 0 Å². The molecule has 1 aromatic rings. The van der Waals surface area contributed by atoms with Gasteiger partial charge in [0.15, 0.2) is 0 Å². The minimum atomic E-state index is -0.781. The number of nitrogens with one attached hydrogen (secondary N) is 1. The zero-order chi connectivity index (χ0) is 19.0. The largest absolute Gasteiger partial charge is 0.330 e. The van der Waals surface area contributed by atoms with Gasteiger partial charge in [-0.1, -0.05) is 38.1 Å². The quantitative estimate of drug-likeness (QED) is 0.823. The van der Waals surface area contributed by atoms with Crippen molar-refractivity contribution in [1.29, 1.82) is 0 Å². The van der Waals surface area contributed by atoms with Crippen LogP contribution in [0, 0.1) is 11.7 Å². The van der Waals surface area contributed by atoms with Crippen molar-refractivity contribution in [2.45, 2.75) is 32.9 Å². The van der Waals surface area contributed by atoms with Crippen molar-refractivity contribution in [2.75, 3.05) is 13.1 Å². The first kappa shape index (κ1) is 18.2. The molecule has 6 heteroatoms. The van der Waals surface area contributed by atoms with Crippen LogP contribution in [0.4, 0.5) is 9.18 Å². The van der Waals surface area contributed by atoms with Crippen LogP contribution in [0.1, 0.15) is 32.4 Å². The Labute approximate surface area is 153 Å². The molecule has 0 aliphatic carbocycles. The van der Waals surface area contributed by atoms with Crippen molar-refractivity contribution in [1.82, 2.24) is 15.1 Å². The molecule has 138 valence electrons. The lowest BCUT2D eigenvalue weighted by Crippen LogP contribution is -2.47. The smallest absolute Gasteiger partial charge is 0.322 e. The highest BCUT2D eigenvalue weighted by atomic mass is 19.1. The fourth-order valence-electron chi connectivity index (χ4n) is 3.47. The molecule has 3 amide bonds. The molecule has 5 nitrogen and oxygen atoms in total. The number of hydrogen-bond acceptors (Lipinski definition) is 2. The van der Waals surface area contributed by atoms with Gasteiger partial charge in [-0.3, -0.25) is 9.69 Å². The fraction of sp³-hybridized carbons (Fsp3) is 0.400. The number of halogens is 1. The molecule has 2 atom stereocenters. The molecule has 0 radical (unpaired) electrons. The summed E-state index contributed by atoms with van der Waals surface area (Å²) in [6.07, 6.45) is 1.62. The molecule has 2 aliphatic heterocycles. The fourth-order valence-corrected chi connectivity index (χ4v) is 3.47. The summed E-state index contributed by atoms with van der Waals surface area (Å²) in [6.45, 7) is 10.4. The Balaban J connectivity index is 2.09. The first-order valence-corrected chi connectivity index (χ1v) is 8.84. The molecule has 26 heavy (non-hydrogen) atoms. The van der Waals surface area contributed by atoms with Gasteiger partial charge in [-0.15, -0.1) is 6.58 Å². The van der Waals surface area contributed by atoms with Gasteiger partial charge < -0.3 is 10.2 Å². The van der Waals surface area contributed by atoms with Crippen LogP contribution in [-0.4, -0.2) is 40.9 Å². The van der Waals surface area contributed by atoms with Crippen molar-refractivity contribution >= 4 is 11.9 Å². The first-order valence-electron chi connectivity index (χ1n) is 8.84. The normalized spacial score (nSPS) is 21.2. The summed E-state index contributed by atoms with van der Waals surface area (Å²) in [5, 5.41) is 2.79. The Hall–Kier alpha value is -2.63. The van der Waals surface area contributed by atoms with Gasteiger partial charge in [0.1, 0.15) is 5.82 Å². The number of nitrogens with zero attached hydrogens (tertiary/aromatic N) is 2. The lowest BCUT2D eigenvalue weighted by Gasteiger charge is -2.33. The minimum Gasteiger partial charge on any atom is -0.330 e. The van der Waals surface area contributed by atoms with E-state index < -0.39 is 11.9 Å². The first-order chi connectivity index (χ1) is 12.4. The van der Waals surface area contributed by atoms with Gasteiger partial charge in [-0.2, -0.15) is 0 Å². The van der Waals surface area contributed by atoms with Crippen molar-refractivity contribution in [3.63, 3.8) is 0 Å². The molecule has 2 heterocycles. The minimum absolute atomic E-state index is 0.00931. The summed E-state index contributed by atoms with van der Waals surface area (Å²) in [5.74, 6) is -0.322. The van der Waals surface area contributed by atoms with E-state index in [0.717, 1.165) is 0 Å². The maximum Gasteiger partial charge on any atom is 0.322 e. The molecule has 0 bridgehead atoms. The number of hydrogen-bond donors (Lipinski definition) is 1. The maximum absolute atomic E-state index is 14.4. The van der Waals surface area contributed by atoms with Crippen molar-refractivity contribution in [2.24, 2.45) is 5.92 Å². The Morgan fingerprint density at radius 3 is 2.62 bits per heavy atom. The summed E-state index contributed by atoms with van der Waals surface area (Å²) in [5.41, 5.74) is 1.39. The second-order valence-electron chi connectivity index (χ2n) is 7.08. The van der Waals surface area contributed by atoms with Crippen LogP contribution in [0.2, 0.25) is 0 Å². The van der Waals surface area contributed by atoms with Gasteiger partial charge in [0.25, 0.3) is 5.91 Å². The predicted molar refractivity (Wildman–Crippen MR) is 97.6 cm³/mol. The SMILES string of the molecule is C=CCN1C(=O)N[C@H](c2ccccc2F)C2=C1CN([C@H](C)C(C)C)C2=O. The van der Waals surface area contributed by atoms with E-state index in [0.29, 0.717) is 29.9 Å². The van der Waals surface area contributed by atoms with Crippen LogP contribution in [0.25, 0.3) is 0 Å². The molecule has 0 unspecified atom stereocenters. The molecule has 1 N–H and O–H groups in total. The molecule has 3 rings (SSSR count). The van der Waals surface area contributed by atoms with Crippen LogP contribution in [0.3, 0.4) is 0 Å². The van der Waals surface area contributed by atoms with E-state index in [9.17, 15) is 14.0 Å². The molecule has 0 fully saturated rings. The molecule has 0 saturated heterocycles. The highest BCUT2D eigenvalue weighted by Gasteiger charge is 2.45. The highest BCUT2D eigenvalue weighted by Crippen LogP contribution is 2.38. The van der Waals surface area contributed by atoms with E-state index in [4.69, 9.17) is 0 Å². The van der Waals surface area contributed by atoms with Gasteiger partial charge in [0, 0.05) is 18.2 Å². The van der Waals surface area contributed by atoms with Gasteiger partial charge in [-0.25, -0.2) is 9.18 Å². The second kappa shape index (κ2) is 6.94. The van der Waals surface area contributed by atoms with E-state index in [1.807, 2.05) is 6.92 Å². The van der Waals surface area contributed by atoms with Gasteiger partial charge in [-0.05, 0) is 18.9 Å².